The molecule has 1 aromatic carbocycles. The second kappa shape index (κ2) is 3.47. The van der Waals surface area contributed by atoms with Crippen molar-refractivity contribution < 1.29 is 15.0 Å². The first kappa shape index (κ1) is 8.19. The van der Waals surface area contributed by atoms with E-state index in [1.807, 2.05) is 5.43 Å². The average Bonchev–Trinajstić information content (AvgIpc) is 2.03. The van der Waals surface area contributed by atoms with Gasteiger partial charge in [-0.2, -0.15) is 0 Å². The highest BCUT2D eigenvalue weighted by Crippen LogP contribution is 2.19. The molecule has 0 saturated carbocycles. The first-order chi connectivity index (χ1) is 5.70. The fourth-order valence-corrected chi connectivity index (χ4v) is 0.700. The minimum Gasteiger partial charge on any atom is -0.506 e. The Kier molecular flexibility index (Phi) is 2.37. The zero-order valence-corrected chi connectivity index (χ0v) is 6.11. The Hall–Kier alpha value is -1.91. The van der Waals surface area contributed by atoms with E-state index in [0.29, 0.717) is 5.69 Å². The summed E-state index contributed by atoms with van der Waals surface area (Å²) >= 11 is 0. The van der Waals surface area contributed by atoms with Gasteiger partial charge in [0, 0.05) is 0 Å². The van der Waals surface area contributed by atoms with Crippen LogP contribution >= 0.6 is 0 Å². The van der Waals surface area contributed by atoms with Crippen LogP contribution in [0.5, 0.6) is 5.75 Å². The van der Waals surface area contributed by atoms with E-state index in [1.165, 1.54) is 6.07 Å². The van der Waals surface area contributed by atoms with Crippen LogP contribution in [-0.4, -0.2) is 16.3 Å². The molecule has 0 atom stereocenters. The average molecular weight is 168 g/mol. The van der Waals surface area contributed by atoms with Crippen LogP contribution in [0.1, 0.15) is 0 Å². The van der Waals surface area contributed by atoms with E-state index in [9.17, 15) is 4.79 Å². The Morgan fingerprint density at radius 3 is 2.58 bits per heavy atom. The van der Waals surface area contributed by atoms with E-state index < -0.39 is 6.09 Å². The molecule has 0 radical (unpaired) electrons. The first-order valence-corrected chi connectivity index (χ1v) is 3.23. The highest BCUT2D eigenvalue weighted by Gasteiger charge is 1.98. The number of anilines is 1. The normalized spacial score (nSPS) is 9.00. The van der Waals surface area contributed by atoms with Crippen LogP contribution in [-0.2, 0) is 0 Å². The Morgan fingerprint density at radius 2 is 2.00 bits per heavy atom. The molecule has 0 unspecified atom stereocenters. The van der Waals surface area contributed by atoms with E-state index in [0.717, 1.165) is 0 Å². The molecule has 0 saturated heterocycles. The van der Waals surface area contributed by atoms with Gasteiger partial charge in [0.25, 0.3) is 0 Å². The molecule has 0 heterocycles. The van der Waals surface area contributed by atoms with Gasteiger partial charge in [0.05, 0.1) is 5.69 Å². The molecule has 1 rings (SSSR count). The number of aromatic hydroxyl groups is 1. The molecule has 5 heteroatoms. The largest absolute Gasteiger partial charge is 0.506 e. The van der Waals surface area contributed by atoms with Crippen molar-refractivity contribution in [3.63, 3.8) is 0 Å². The van der Waals surface area contributed by atoms with Gasteiger partial charge in [-0.3, -0.25) is 5.43 Å². The molecule has 1 amide bonds. The second-order valence-corrected chi connectivity index (χ2v) is 2.07. The van der Waals surface area contributed by atoms with Crippen molar-refractivity contribution in [2.24, 2.45) is 0 Å². The topological polar surface area (TPSA) is 81.6 Å². The maximum absolute atomic E-state index is 10.0. The van der Waals surface area contributed by atoms with Crippen LogP contribution in [0.4, 0.5) is 10.5 Å². The lowest BCUT2D eigenvalue weighted by Gasteiger charge is -2.05. The number of nitrogens with one attached hydrogen (secondary N) is 2. The van der Waals surface area contributed by atoms with Crippen molar-refractivity contribution in [1.29, 1.82) is 0 Å². The van der Waals surface area contributed by atoms with Crippen LogP contribution < -0.4 is 10.9 Å². The molecular weight excluding hydrogens is 160 g/mol. The van der Waals surface area contributed by atoms with Gasteiger partial charge in [0.15, 0.2) is 0 Å². The summed E-state index contributed by atoms with van der Waals surface area (Å²) in [4.78, 5) is 10.0. The van der Waals surface area contributed by atoms with E-state index in [-0.39, 0.29) is 5.75 Å². The van der Waals surface area contributed by atoms with Gasteiger partial charge in [0.2, 0.25) is 0 Å². The van der Waals surface area contributed by atoms with Crippen molar-refractivity contribution in [2.45, 2.75) is 0 Å². The summed E-state index contributed by atoms with van der Waals surface area (Å²) in [5.41, 5.74) is 4.54. The Morgan fingerprint density at radius 1 is 1.33 bits per heavy atom. The molecule has 0 spiro atoms. The molecule has 0 aliphatic heterocycles. The standard InChI is InChI=1S/C7H8N2O3/c10-6-4-2-1-3-5(6)8-9-7(11)12/h1-4,8-10H,(H,11,12). The number of benzene rings is 1. The maximum atomic E-state index is 10.0. The molecule has 0 aliphatic carbocycles. The number of carboxylic acid groups (broad SMARTS) is 1. The molecular formula is C7H8N2O3. The number of hydrogen-bond donors (Lipinski definition) is 4. The number of hydrazine groups is 1. The minimum atomic E-state index is -1.21. The summed E-state index contributed by atoms with van der Waals surface area (Å²) in [7, 11) is 0. The van der Waals surface area contributed by atoms with Crippen LogP contribution in [0.3, 0.4) is 0 Å². The van der Waals surface area contributed by atoms with Gasteiger partial charge >= 0.3 is 6.09 Å². The van der Waals surface area contributed by atoms with Gasteiger partial charge in [0.1, 0.15) is 5.75 Å². The highest BCUT2D eigenvalue weighted by atomic mass is 16.4. The summed E-state index contributed by atoms with van der Waals surface area (Å²) < 4.78 is 0. The summed E-state index contributed by atoms with van der Waals surface area (Å²) in [6, 6.07) is 6.31. The molecule has 1 aromatic rings. The number of amides is 1. The van der Waals surface area contributed by atoms with Crippen LogP contribution in [0.2, 0.25) is 0 Å². The van der Waals surface area contributed by atoms with Crippen molar-refractivity contribution in [1.82, 2.24) is 5.43 Å². The van der Waals surface area contributed by atoms with E-state index in [1.54, 1.807) is 18.2 Å². The maximum Gasteiger partial charge on any atom is 0.423 e. The zero-order valence-electron chi connectivity index (χ0n) is 6.11. The molecule has 5 nitrogen and oxygen atoms in total. The molecule has 0 bridgehead atoms. The summed E-state index contributed by atoms with van der Waals surface area (Å²) in [5.74, 6) is -0.00810. The predicted octanol–water partition coefficient (Wildman–Crippen LogP) is 0.987. The lowest BCUT2D eigenvalue weighted by Crippen LogP contribution is -2.27. The van der Waals surface area contributed by atoms with Crippen LogP contribution in [0.25, 0.3) is 0 Å². The number of carbonyl (C=O) groups is 1. The van der Waals surface area contributed by atoms with Crippen molar-refractivity contribution in [3.05, 3.63) is 24.3 Å². The number of rotatable bonds is 2. The third-order valence-corrected chi connectivity index (χ3v) is 1.21. The number of phenols is 1. The van der Waals surface area contributed by atoms with E-state index in [4.69, 9.17) is 10.2 Å². The number of para-hydroxylation sites is 2. The molecule has 0 fully saturated rings. The summed E-state index contributed by atoms with van der Waals surface area (Å²) in [5, 5.41) is 17.3. The first-order valence-electron chi connectivity index (χ1n) is 3.23. The van der Waals surface area contributed by atoms with Gasteiger partial charge in [-0.25, -0.2) is 10.2 Å². The zero-order chi connectivity index (χ0) is 8.97. The van der Waals surface area contributed by atoms with Gasteiger partial charge in [-0.15, -0.1) is 0 Å². The van der Waals surface area contributed by atoms with Crippen LogP contribution in [0.15, 0.2) is 24.3 Å². The lowest BCUT2D eigenvalue weighted by atomic mass is 10.3. The molecule has 64 valence electrons. The highest BCUT2D eigenvalue weighted by molar-refractivity contribution is 5.68. The summed E-state index contributed by atoms with van der Waals surface area (Å²) in [6.45, 7) is 0. The van der Waals surface area contributed by atoms with Crippen LogP contribution in [0, 0.1) is 0 Å². The van der Waals surface area contributed by atoms with Crippen molar-refractivity contribution in [2.75, 3.05) is 5.43 Å². The third kappa shape index (κ3) is 2.05. The SMILES string of the molecule is O=C(O)NNc1ccccc1O. The molecule has 4 N–H and O–H groups in total. The van der Waals surface area contributed by atoms with E-state index >= 15 is 0 Å². The van der Waals surface area contributed by atoms with Crippen molar-refractivity contribution >= 4 is 11.8 Å². The molecule has 0 aliphatic rings. The fraction of sp³-hybridized carbons (Fsp3) is 0. The Bertz CT molecular complexity index is 288. The predicted molar refractivity (Wildman–Crippen MR) is 42.9 cm³/mol. The smallest absolute Gasteiger partial charge is 0.423 e. The van der Waals surface area contributed by atoms with Gasteiger partial charge in [-0.05, 0) is 12.1 Å². The lowest BCUT2D eigenvalue weighted by molar-refractivity contribution is 0.197. The monoisotopic (exact) mass is 168 g/mol. The quantitative estimate of drug-likeness (QED) is 0.392. The number of phenolic OH excluding ortho intramolecular Hbond substituents is 1. The fourth-order valence-electron chi connectivity index (χ4n) is 0.700. The number of hydrogen-bond acceptors (Lipinski definition) is 3. The third-order valence-electron chi connectivity index (χ3n) is 1.21. The van der Waals surface area contributed by atoms with Gasteiger partial charge < -0.3 is 10.2 Å². The van der Waals surface area contributed by atoms with Gasteiger partial charge in [-0.1, -0.05) is 12.1 Å². The second-order valence-electron chi connectivity index (χ2n) is 2.07. The Labute approximate surface area is 68.6 Å². The van der Waals surface area contributed by atoms with Crippen molar-refractivity contribution in [3.8, 4) is 5.75 Å². The summed E-state index contributed by atoms with van der Waals surface area (Å²) in [6.07, 6.45) is -1.21. The molecule has 0 aromatic heterocycles. The Balaban J connectivity index is 2.63. The molecule has 12 heavy (non-hydrogen) atoms. The van der Waals surface area contributed by atoms with E-state index in [2.05, 4.69) is 5.43 Å². The minimum absolute atomic E-state index is 0.00810.